The van der Waals surface area contributed by atoms with Gasteiger partial charge in [0.1, 0.15) is 5.60 Å². The molecule has 0 aromatic rings. The average Bonchev–Trinajstić information content (AvgIpc) is 1.93. The third-order valence-corrected chi connectivity index (χ3v) is 1.81. The van der Waals surface area contributed by atoms with Crippen LogP contribution in [0.1, 0.15) is 34.6 Å². The number of rotatable bonds is 3. The zero-order valence-corrected chi connectivity index (χ0v) is 14.3. The molecule has 0 saturated carbocycles. The molecule has 1 atom stereocenters. The fourth-order valence-electron chi connectivity index (χ4n) is 1.14. The normalized spacial score (nSPS) is 13.9. The molecule has 0 aliphatic rings. The van der Waals surface area contributed by atoms with Crippen molar-refractivity contribution in [1.29, 1.82) is 0 Å². The fraction of sp³-hybridized carbons (Fsp3) is 0.889. The molecule has 3 nitrogen and oxygen atoms in total. The van der Waals surface area contributed by atoms with E-state index in [9.17, 15) is 17.7 Å². The van der Waals surface area contributed by atoms with Crippen LogP contribution in [-0.4, -0.2) is 24.6 Å². The first-order chi connectivity index (χ1) is 6.93. The second-order valence-electron chi connectivity index (χ2n) is 5.04. The molecule has 0 heterocycles. The fourth-order valence-corrected chi connectivity index (χ4v) is 1.14. The number of hydrogen-bond acceptors (Lipinski definition) is 2. The maximum absolute atomic E-state index is 12.6. The van der Waals surface area contributed by atoms with Crippen molar-refractivity contribution in [3.63, 3.8) is 0 Å². The molecule has 1 N–H and O–H groups in total. The van der Waals surface area contributed by atoms with Crippen molar-refractivity contribution in [2.75, 3.05) is 0 Å². The first-order valence-corrected chi connectivity index (χ1v) is 5.13. The smallest absolute Gasteiger partial charge is 0.448 e. The van der Waals surface area contributed by atoms with Crippen LogP contribution in [-0.2, 0) is 4.74 Å². The average molecular weight is 279 g/mol. The molecule has 0 aliphatic heterocycles. The number of carbonyl (C=O) groups excluding carboxylic acids is 1. The monoisotopic (exact) mass is 279 g/mol. The summed E-state index contributed by atoms with van der Waals surface area (Å²) in [5.41, 5.74) is -0.801. The van der Waals surface area contributed by atoms with Gasteiger partial charge in [-0.15, -0.1) is 0 Å². The van der Waals surface area contributed by atoms with Gasteiger partial charge in [0.15, 0.2) is 0 Å². The van der Waals surface area contributed by atoms with E-state index >= 15 is 0 Å². The molecule has 0 aromatic heterocycles. The molecule has 0 aromatic carbocycles. The van der Waals surface area contributed by atoms with Crippen LogP contribution < -0.4 is 56.7 Å². The van der Waals surface area contributed by atoms with Crippen molar-refractivity contribution in [2.45, 2.75) is 46.2 Å². The Morgan fingerprint density at radius 1 is 1.24 bits per heavy atom. The van der Waals surface area contributed by atoms with Crippen molar-refractivity contribution in [3.05, 3.63) is 0 Å². The Labute approximate surface area is 143 Å². The van der Waals surface area contributed by atoms with Crippen LogP contribution in [0.15, 0.2) is 0 Å². The molecule has 1 amide bonds. The maximum atomic E-state index is 12.6. The van der Waals surface area contributed by atoms with Crippen LogP contribution in [0, 0.1) is 5.92 Å². The van der Waals surface area contributed by atoms with Gasteiger partial charge in [-0.3, -0.25) is 0 Å². The van der Waals surface area contributed by atoms with E-state index in [0.29, 0.717) is 0 Å². The molecule has 0 spiro atoms. The van der Waals surface area contributed by atoms with Crippen molar-refractivity contribution in [3.8, 4) is 0 Å². The van der Waals surface area contributed by atoms with Gasteiger partial charge in [-0.1, -0.05) is 19.8 Å². The van der Waals surface area contributed by atoms with Gasteiger partial charge in [-0.25, -0.2) is 4.79 Å². The molecule has 8 heteroatoms. The van der Waals surface area contributed by atoms with E-state index in [0.717, 1.165) is 0 Å². The number of ether oxygens (including phenoxy) is 1. The summed E-state index contributed by atoms with van der Waals surface area (Å²) >= 11 is 0. The molecule has 0 radical (unpaired) electrons. The first kappa shape index (κ1) is 20.1. The SMILES string of the molecule is CC(C)[C@H](NC(=O)OC(C)(C)C)[B-](F)(F)F.[K+]. The molecule has 0 aliphatic carbocycles. The molecule has 0 unspecified atom stereocenters. The van der Waals surface area contributed by atoms with E-state index in [1.807, 2.05) is 5.32 Å². The number of alkyl carbamates (subject to hydrolysis) is 1. The number of halogens is 3. The van der Waals surface area contributed by atoms with Crippen molar-refractivity contribution in [2.24, 2.45) is 5.92 Å². The number of hydrogen-bond donors (Lipinski definition) is 1. The van der Waals surface area contributed by atoms with E-state index in [1.54, 1.807) is 20.8 Å². The quantitative estimate of drug-likeness (QED) is 0.734. The molecule has 0 saturated heterocycles. The van der Waals surface area contributed by atoms with Gasteiger partial charge in [-0.05, 0) is 20.8 Å². The minimum atomic E-state index is -5.11. The van der Waals surface area contributed by atoms with Crippen molar-refractivity contribution < 1.29 is 73.9 Å². The van der Waals surface area contributed by atoms with E-state index < -0.39 is 30.5 Å². The second-order valence-corrected chi connectivity index (χ2v) is 5.04. The van der Waals surface area contributed by atoms with E-state index in [4.69, 9.17) is 4.74 Å². The van der Waals surface area contributed by atoms with Crippen LogP contribution in [0.2, 0.25) is 0 Å². The Hall–Kier alpha value is 0.761. The van der Waals surface area contributed by atoms with Gasteiger partial charge in [0.25, 0.3) is 0 Å². The largest absolute Gasteiger partial charge is 1.00 e. The van der Waals surface area contributed by atoms with E-state index in [1.165, 1.54) is 13.8 Å². The molecule has 0 fully saturated rings. The third kappa shape index (κ3) is 9.35. The molecule has 0 rings (SSSR count). The predicted molar refractivity (Wildman–Crippen MR) is 57.1 cm³/mol. The van der Waals surface area contributed by atoms with E-state index in [2.05, 4.69) is 0 Å². The summed E-state index contributed by atoms with van der Waals surface area (Å²) in [7, 11) is 0. The Kier molecular flexibility index (Phi) is 8.71. The summed E-state index contributed by atoms with van der Waals surface area (Å²) in [6.07, 6.45) is -1.04. The number of amides is 1. The minimum Gasteiger partial charge on any atom is -0.448 e. The number of nitrogens with one attached hydrogen (secondary N) is 1. The summed E-state index contributed by atoms with van der Waals surface area (Å²) in [5, 5.41) is 1.85. The first-order valence-electron chi connectivity index (χ1n) is 5.13. The Balaban J connectivity index is 0. The van der Waals surface area contributed by atoms with Gasteiger partial charge in [0.2, 0.25) is 0 Å². The summed E-state index contributed by atoms with van der Waals surface area (Å²) in [5.74, 6) is -2.54. The Bertz CT molecular complexity index is 254. The van der Waals surface area contributed by atoms with Gasteiger partial charge < -0.3 is 23.0 Å². The summed E-state index contributed by atoms with van der Waals surface area (Å²) < 4.78 is 42.4. The molecular weight excluding hydrogens is 261 g/mol. The van der Waals surface area contributed by atoms with Crippen molar-refractivity contribution in [1.82, 2.24) is 5.32 Å². The third-order valence-electron chi connectivity index (χ3n) is 1.81. The molecule has 17 heavy (non-hydrogen) atoms. The van der Waals surface area contributed by atoms with Crippen LogP contribution in [0.25, 0.3) is 0 Å². The van der Waals surface area contributed by atoms with Gasteiger partial charge in [0.05, 0.1) is 0 Å². The topological polar surface area (TPSA) is 38.3 Å². The summed E-state index contributed by atoms with van der Waals surface area (Å²) in [6, 6.07) is 0. The molecule has 0 bridgehead atoms. The summed E-state index contributed by atoms with van der Waals surface area (Å²) in [6.45, 7) is 2.47. The van der Waals surface area contributed by atoms with Crippen molar-refractivity contribution >= 4 is 13.1 Å². The molecule has 96 valence electrons. The molecular formula is C9H18BF3KNO2. The van der Waals surface area contributed by atoms with E-state index in [-0.39, 0.29) is 51.4 Å². The maximum Gasteiger partial charge on any atom is 1.00 e. The Morgan fingerprint density at radius 3 is 1.88 bits per heavy atom. The van der Waals surface area contributed by atoms with Crippen LogP contribution in [0.4, 0.5) is 17.7 Å². The standard InChI is InChI=1S/C9H18BF3NO2.K/c1-6(2)7(10(11,12)13)14-8(15)16-9(3,4)5;/h6-7H,1-5H3,(H,14,15);/q-1;+1/t7-;/m0./s1. The Morgan fingerprint density at radius 2 is 1.65 bits per heavy atom. The van der Waals surface area contributed by atoms with Crippen LogP contribution >= 0.6 is 0 Å². The zero-order chi connectivity index (χ0) is 13.1. The summed E-state index contributed by atoms with van der Waals surface area (Å²) in [4.78, 5) is 11.2. The van der Waals surface area contributed by atoms with Crippen LogP contribution in [0.5, 0.6) is 0 Å². The van der Waals surface area contributed by atoms with Gasteiger partial charge in [-0.2, -0.15) is 0 Å². The van der Waals surface area contributed by atoms with Gasteiger partial charge >= 0.3 is 64.5 Å². The second kappa shape index (κ2) is 7.37. The van der Waals surface area contributed by atoms with Crippen LogP contribution in [0.3, 0.4) is 0 Å². The minimum absolute atomic E-state index is 0. The van der Waals surface area contributed by atoms with Gasteiger partial charge in [0, 0.05) is 5.94 Å². The number of carbonyl (C=O) groups is 1. The zero-order valence-electron chi connectivity index (χ0n) is 11.2. The predicted octanol–water partition coefficient (Wildman–Crippen LogP) is -0.0737.